The fraction of sp³-hybridized carbons (Fsp3) is 0.529. The number of thioether (sulfide) groups is 1. The predicted octanol–water partition coefficient (Wildman–Crippen LogP) is 5.66. The minimum Gasteiger partial charge on any atom is -0.507 e. The SMILES string of the molecule is CCCSc1nnc(-c2cc(C(C)C)c(O)c(C(C)C)c2)s1. The molecule has 0 amide bonds. The van der Waals surface area contributed by atoms with Crippen LogP contribution in [-0.2, 0) is 0 Å². The van der Waals surface area contributed by atoms with E-state index in [1.54, 1.807) is 23.1 Å². The van der Waals surface area contributed by atoms with Gasteiger partial charge in [-0.25, -0.2) is 0 Å². The fourth-order valence-corrected chi connectivity index (χ4v) is 4.02. The zero-order valence-corrected chi connectivity index (χ0v) is 15.5. The summed E-state index contributed by atoms with van der Waals surface area (Å²) in [5.41, 5.74) is 3.03. The maximum atomic E-state index is 10.5. The third kappa shape index (κ3) is 3.82. The van der Waals surface area contributed by atoms with Gasteiger partial charge in [-0.3, -0.25) is 0 Å². The van der Waals surface area contributed by atoms with Crippen LogP contribution in [0.1, 0.15) is 64.0 Å². The van der Waals surface area contributed by atoms with Crippen molar-refractivity contribution in [2.75, 3.05) is 5.75 Å². The van der Waals surface area contributed by atoms with Crippen LogP contribution < -0.4 is 0 Å². The van der Waals surface area contributed by atoms with Crippen molar-refractivity contribution in [3.63, 3.8) is 0 Å². The van der Waals surface area contributed by atoms with Crippen LogP contribution in [0.4, 0.5) is 0 Å². The van der Waals surface area contributed by atoms with E-state index in [4.69, 9.17) is 0 Å². The van der Waals surface area contributed by atoms with Crippen LogP contribution in [-0.4, -0.2) is 21.1 Å². The summed E-state index contributed by atoms with van der Waals surface area (Å²) in [7, 11) is 0. The van der Waals surface area contributed by atoms with E-state index in [1.165, 1.54) is 0 Å². The Kier molecular flexibility index (Phi) is 5.87. The highest BCUT2D eigenvalue weighted by molar-refractivity contribution is 8.01. The molecule has 1 aromatic heterocycles. The van der Waals surface area contributed by atoms with E-state index >= 15 is 0 Å². The van der Waals surface area contributed by atoms with E-state index in [9.17, 15) is 5.11 Å². The van der Waals surface area contributed by atoms with E-state index in [-0.39, 0.29) is 11.8 Å². The maximum Gasteiger partial charge on any atom is 0.174 e. The van der Waals surface area contributed by atoms with Crippen molar-refractivity contribution in [1.29, 1.82) is 0 Å². The molecular formula is C17H24N2OS2. The van der Waals surface area contributed by atoms with E-state index < -0.39 is 0 Å². The van der Waals surface area contributed by atoms with Crippen molar-refractivity contribution in [2.24, 2.45) is 0 Å². The van der Waals surface area contributed by atoms with Crippen LogP contribution in [0.5, 0.6) is 5.75 Å². The van der Waals surface area contributed by atoms with Gasteiger partial charge in [-0.2, -0.15) is 0 Å². The number of aromatic hydroxyl groups is 1. The molecule has 0 aliphatic heterocycles. The first kappa shape index (κ1) is 17.3. The van der Waals surface area contributed by atoms with Crippen LogP contribution in [0.15, 0.2) is 16.5 Å². The zero-order chi connectivity index (χ0) is 16.3. The molecule has 0 aliphatic carbocycles. The molecule has 0 aliphatic rings. The summed E-state index contributed by atoms with van der Waals surface area (Å²) in [5.74, 6) is 2.05. The minimum absolute atomic E-state index is 0.277. The average molecular weight is 337 g/mol. The normalized spacial score (nSPS) is 11.6. The minimum atomic E-state index is 0.277. The first-order valence-electron chi connectivity index (χ1n) is 7.77. The van der Waals surface area contributed by atoms with Crippen molar-refractivity contribution >= 4 is 23.1 Å². The maximum absolute atomic E-state index is 10.5. The summed E-state index contributed by atoms with van der Waals surface area (Å²) in [6, 6.07) is 4.11. The van der Waals surface area contributed by atoms with Gasteiger partial charge >= 0.3 is 0 Å². The summed E-state index contributed by atoms with van der Waals surface area (Å²) in [6.07, 6.45) is 1.13. The number of benzene rings is 1. The Morgan fingerprint density at radius 1 is 1.09 bits per heavy atom. The highest BCUT2D eigenvalue weighted by Gasteiger charge is 2.17. The molecule has 0 bridgehead atoms. The van der Waals surface area contributed by atoms with Crippen LogP contribution in [0, 0.1) is 0 Å². The second kappa shape index (κ2) is 7.47. The molecule has 2 rings (SSSR count). The number of hydrogen-bond donors (Lipinski definition) is 1. The summed E-state index contributed by atoms with van der Waals surface area (Å²) in [5, 5.41) is 20.0. The van der Waals surface area contributed by atoms with Gasteiger partial charge in [-0.1, -0.05) is 57.7 Å². The molecule has 0 saturated heterocycles. The number of rotatable bonds is 6. The lowest BCUT2D eigenvalue weighted by molar-refractivity contribution is 0.454. The number of phenolic OH excluding ortho intramolecular Hbond substituents is 1. The Balaban J connectivity index is 2.44. The van der Waals surface area contributed by atoms with Gasteiger partial charge in [-0.15, -0.1) is 10.2 Å². The summed E-state index contributed by atoms with van der Waals surface area (Å²) >= 11 is 3.39. The lowest BCUT2D eigenvalue weighted by Gasteiger charge is -2.16. The summed E-state index contributed by atoms with van der Waals surface area (Å²) < 4.78 is 1.02. The van der Waals surface area contributed by atoms with Crippen molar-refractivity contribution in [3.05, 3.63) is 23.3 Å². The Hall–Kier alpha value is -1.07. The van der Waals surface area contributed by atoms with Gasteiger partial charge in [0.2, 0.25) is 0 Å². The molecule has 0 unspecified atom stereocenters. The van der Waals surface area contributed by atoms with Crippen molar-refractivity contribution in [3.8, 4) is 16.3 Å². The number of hydrogen-bond acceptors (Lipinski definition) is 5. The molecule has 0 spiro atoms. The van der Waals surface area contributed by atoms with Gasteiger partial charge in [0.1, 0.15) is 10.8 Å². The standard InChI is InChI=1S/C17H24N2OS2/c1-6-7-21-17-19-18-16(22-17)12-8-13(10(2)3)15(20)14(9-12)11(4)5/h8-11,20H,6-7H2,1-5H3. The van der Waals surface area contributed by atoms with Crippen LogP contribution in [0.2, 0.25) is 0 Å². The summed E-state index contributed by atoms with van der Waals surface area (Å²) in [4.78, 5) is 0. The Bertz CT molecular complexity index is 606. The molecule has 0 fully saturated rings. The molecule has 22 heavy (non-hydrogen) atoms. The van der Waals surface area contributed by atoms with Crippen LogP contribution in [0.25, 0.3) is 10.6 Å². The topological polar surface area (TPSA) is 46.0 Å². The van der Waals surface area contributed by atoms with Gasteiger partial charge in [0, 0.05) is 11.3 Å². The first-order valence-corrected chi connectivity index (χ1v) is 9.57. The van der Waals surface area contributed by atoms with E-state index in [0.29, 0.717) is 5.75 Å². The van der Waals surface area contributed by atoms with Crippen LogP contribution >= 0.6 is 23.1 Å². The zero-order valence-electron chi connectivity index (χ0n) is 13.9. The second-order valence-corrected chi connectivity index (χ2v) is 8.35. The molecule has 120 valence electrons. The number of phenols is 1. The van der Waals surface area contributed by atoms with Gasteiger partial charge < -0.3 is 5.11 Å². The van der Waals surface area contributed by atoms with Gasteiger partial charge in [-0.05, 0) is 41.5 Å². The van der Waals surface area contributed by atoms with Crippen molar-refractivity contribution in [1.82, 2.24) is 10.2 Å². The first-order chi connectivity index (χ1) is 10.4. The van der Waals surface area contributed by atoms with E-state index in [2.05, 4.69) is 56.9 Å². The lowest BCUT2D eigenvalue weighted by Crippen LogP contribution is -1.97. The van der Waals surface area contributed by atoms with Gasteiger partial charge in [0.25, 0.3) is 0 Å². The molecule has 1 heterocycles. The second-order valence-electron chi connectivity index (χ2n) is 6.03. The molecule has 0 saturated carbocycles. The third-order valence-electron chi connectivity index (χ3n) is 3.50. The number of aromatic nitrogens is 2. The van der Waals surface area contributed by atoms with Crippen LogP contribution in [0.3, 0.4) is 0 Å². The Labute approximate surface area is 141 Å². The average Bonchev–Trinajstić information content (AvgIpc) is 2.93. The monoisotopic (exact) mass is 336 g/mol. The highest BCUT2D eigenvalue weighted by Crippen LogP contribution is 2.39. The molecule has 5 heteroatoms. The van der Waals surface area contributed by atoms with Crippen molar-refractivity contribution < 1.29 is 5.11 Å². The lowest BCUT2D eigenvalue weighted by atomic mass is 9.91. The Morgan fingerprint density at radius 2 is 1.68 bits per heavy atom. The predicted molar refractivity (Wildman–Crippen MR) is 96.2 cm³/mol. The quantitative estimate of drug-likeness (QED) is 0.691. The van der Waals surface area contributed by atoms with Gasteiger partial charge in [0.15, 0.2) is 4.34 Å². The smallest absolute Gasteiger partial charge is 0.174 e. The fourth-order valence-electron chi connectivity index (χ4n) is 2.26. The van der Waals surface area contributed by atoms with Gasteiger partial charge in [0.05, 0.1) is 0 Å². The third-order valence-corrected chi connectivity index (χ3v) is 5.81. The molecular weight excluding hydrogens is 312 g/mol. The number of nitrogens with zero attached hydrogens (tertiary/aromatic N) is 2. The molecule has 2 aromatic rings. The van der Waals surface area contributed by atoms with E-state index in [0.717, 1.165) is 38.2 Å². The summed E-state index contributed by atoms with van der Waals surface area (Å²) in [6.45, 7) is 10.6. The molecule has 0 atom stereocenters. The molecule has 1 N–H and O–H groups in total. The largest absolute Gasteiger partial charge is 0.507 e. The van der Waals surface area contributed by atoms with E-state index in [1.807, 2.05) is 0 Å². The molecule has 1 aromatic carbocycles. The Morgan fingerprint density at radius 3 is 2.18 bits per heavy atom. The molecule has 0 radical (unpaired) electrons. The highest BCUT2D eigenvalue weighted by atomic mass is 32.2. The van der Waals surface area contributed by atoms with Crippen molar-refractivity contribution in [2.45, 2.75) is 57.2 Å². The molecule has 3 nitrogen and oxygen atoms in total.